The highest BCUT2D eigenvalue weighted by Crippen LogP contribution is 2.43. The highest BCUT2D eigenvalue weighted by molar-refractivity contribution is 7.93. The maximum absolute atomic E-state index is 14.9. The second-order valence-electron chi connectivity index (χ2n) is 8.84. The molecule has 1 aromatic heterocycles. The number of hydrogen-bond acceptors (Lipinski definition) is 6. The molecule has 1 aliphatic carbocycles. The van der Waals surface area contributed by atoms with E-state index in [4.69, 9.17) is 10.7 Å². The van der Waals surface area contributed by atoms with Crippen molar-refractivity contribution in [3.8, 4) is 6.07 Å². The first-order chi connectivity index (χ1) is 15.6. The van der Waals surface area contributed by atoms with E-state index in [1.54, 1.807) is 6.92 Å². The number of benzene rings is 1. The molecule has 1 amide bonds. The van der Waals surface area contributed by atoms with Crippen LogP contribution in [0.1, 0.15) is 60.6 Å². The summed E-state index contributed by atoms with van der Waals surface area (Å²) in [5, 5.41) is 23.0. The number of halogens is 1. The Morgan fingerprint density at radius 1 is 1.24 bits per heavy atom. The van der Waals surface area contributed by atoms with Gasteiger partial charge in [0.25, 0.3) is 5.91 Å². The average Bonchev–Trinajstić information content (AvgIpc) is 2.79. The molecular weight excluding hydrogens is 445 g/mol. The fourth-order valence-electron chi connectivity index (χ4n) is 4.74. The van der Waals surface area contributed by atoms with Crippen molar-refractivity contribution >= 4 is 27.3 Å². The minimum Gasteiger partial charge on any atom is -0.362 e. The van der Waals surface area contributed by atoms with Gasteiger partial charge in [-0.3, -0.25) is 10.2 Å². The molecule has 0 unspecified atom stereocenters. The zero-order chi connectivity index (χ0) is 23.9. The predicted octanol–water partition coefficient (Wildman–Crippen LogP) is 3.26. The number of rotatable bonds is 3. The van der Waals surface area contributed by atoms with Gasteiger partial charge in [0, 0.05) is 17.4 Å². The molecule has 2 aromatic rings. The average molecular weight is 470 g/mol. The number of carbonyl (C=O) groups excluding carboxylic acids is 1. The van der Waals surface area contributed by atoms with Gasteiger partial charge in [-0.25, -0.2) is 17.8 Å². The van der Waals surface area contributed by atoms with Crippen LogP contribution in [0.25, 0.3) is 0 Å². The van der Waals surface area contributed by atoms with Crippen LogP contribution < -0.4 is 10.6 Å². The summed E-state index contributed by atoms with van der Waals surface area (Å²) in [4.78, 5) is 16.5. The Bertz CT molecular complexity index is 1260. The van der Waals surface area contributed by atoms with Gasteiger partial charge in [0.15, 0.2) is 9.84 Å². The Morgan fingerprint density at radius 2 is 1.97 bits per heavy atom. The number of hydrogen-bond donors (Lipinski definition) is 3. The van der Waals surface area contributed by atoms with E-state index < -0.39 is 31.8 Å². The number of amidine groups is 1. The Hall–Kier alpha value is -3.32. The normalized spacial score (nSPS) is 23.4. The van der Waals surface area contributed by atoms with Crippen molar-refractivity contribution in [2.75, 3.05) is 11.1 Å². The van der Waals surface area contributed by atoms with Crippen LogP contribution in [-0.4, -0.2) is 35.6 Å². The third-order valence-corrected chi connectivity index (χ3v) is 9.30. The van der Waals surface area contributed by atoms with Gasteiger partial charge in [-0.05, 0) is 50.1 Å². The lowest BCUT2D eigenvalue weighted by atomic mass is 9.84. The summed E-state index contributed by atoms with van der Waals surface area (Å²) in [6, 6.07) is 8.69. The Labute approximate surface area is 191 Å². The molecule has 4 rings (SSSR count). The molecule has 2 aliphatic rings. The number of aromatic nitrogens is 1. The number of anilines is 1. The first-order valence-corrected chi connectivity index (χ1v) is 12.3. The molecule has 1 saturated carbocycles. The summed E-state index contributed by atoms with van der Waals surface area (Å²) < 4.78 is 40.4. The molecule has 1 atom stereocenters. The molecular formula is C23H24FN5O3S. The predicted molar refractivity (Wildman–Crippen MR) is 121 cm³/mol. The van der Waals surface area contributed by atoms with Crippen LogP contribution in [-0.2, 0) is 15.4 Å². The van der Waals surface area contributed by atoms with Gasteiger partial charge in [-0.1, -0.05) is 19.3 Å². The first kappa shape index (κ1) is 22.9. The maximum atomic E-state index is 14.9. The van der Waals surface area contributed by atoms with E-state index in [0.29, 0.717) is 18.4 Å². The lowest BCUT2D eigenvalue weighted by Gasteiger charge is -2.47. The van der Waals surface area contributed by atoms with E-state index in [1.807, 2.05) is 6.07 Å². The van der Waals surface area contributed by atoms with Crippen molar-refractivity contribution < 1.29 is 17.6 Å². The van der Waals surface area contributed by atoms with Gasteiger partial charge in [-0.15, -0.1) is 0 Å². The largest absolute Gasteiger partial charge is 0.362 e. The topological polar surface area (TPSA) is 136 Å². The minimum absolute atomic E-state index is 0.0482. The van der Waals surface area contributed by atoms with Crippen molar-refractivity contribution in [1.82, 2.24) is 10.3 Å². The van der Waals surface area contributed by atoms with Gasteiger partial charge in [0.1, 0.15) is 28.2 Å². The van der Waals surface area contributed by atoms with E-state index in [9.17, 15) is 17.6 Å². The first-order valence-electron chi connectivity index (χ1n) is 10.7. The van der Waals surface area contributed by atoms with Crippen LogP contribution in [0.4, 0.5) is 10.1 Å². The fourth-order valence-corrected chi connectivity index (χ4v) is 7.28. The standard InChI is InChI=1S/C23H24FN5O3S/c1-22(14-33(31,32)23(21(26)29-22)9-3-2-4-10-23)17-11-16(6-7-18(17)24)28-20(30)19-8-5-15(12-25)13-27-19/h5-8,11,13H,2-4,9-10,14H2,1H3,(H2,26,29)(H,28,30)/t22-/m0/s1. The highest BCUT2D eigenvalue weighted by atomic mass is 32.2. The monoisotopic (exact) mass is 469 g/mol. The second kappa shape index (κ2) is 8.23. The molecule has 0 radical (unpaired) electrons. The Balaban J connectivity index is 1.63. The lowest BCUT2D eigenvalue weighted by molar-refractivity contribution is 0.102. The van der Waals surface area contributed by atoms with Crippen molar-refractivity contribution in [3.63, 3.8) is 0 Å². The highest BCUT2D eigenvalue weighted by Gasteiger charge is 2.56. The third-order valence-electron chi connectivity index (χ3n) is 6.54. The number of nitriles is 1. The zero-order valence-corrected chi connectivity index (χ0v) is 18.9. The summed E-state index contributed by atoms with van der Waals surface area (Å²) in [6.45, 7) is 1.56. The van der Waals surface area contributed by atoms with Crippen LogP contribution in [0.5, 0.6) is 0 Å². The zero-order valence-electron chi connectivity index (χ0n) is 18.1. The van der Waals surface area contributed by atoms with Crippen molar-refractivity contribution in [2.45, 2.75) is 49.3 Å². The molecule has 0 bridgehead atoms. The minimum atomic E-state index is -3.73. The smallest absolute Gasteiger partial charge is 0.274 e. The van der Waals surface area contributed by atoms with Gasteiger partial charge in [-0.2, -0.15) is 5.26 Å². The Kier molecular flexibility index (Phi) is 5.70. The van der Waals surface area contributed by atoms with Crippen LogP contribution in [0.15, 0.2) is 36.5 Å². The van der Waals surface area contributed by atoms with Crippen LogP contribution in [0.2, 0.25) is 0 Å². The van der Waals surface area contributed by atoms with Gasteiger partial charge in [0.2, 0.25) is 0 Å². The van der Waals surface area contributed by atoms with E-state index in [1.165, 1.54) is 30.5 Å². The van der Waals surface area contributed by atoms with Crippen molar-refractivity contribution in [3.05, 3.63) is 59.2 Å². The van der Waals surface area contributed by atoms with E-state index in [2.05, 4.69) is 15.6 Å². The molecule has 3 N–H and O–H groups in total. The van der Waals surface area contributed by atoms with E-state index in [-0.39, 0.29) is 28.5 Å². The summed E-state index contributed by atoms with van der Waals surface area (Å²) >= 11 is 0. The molecule has 1 spiro atoms. The molecule has 2 fully saturated rings. The maximum Gasteiger partial charge on any atom is 0.274 e. The molecule has 2 heterocycles. The molecule has 1 aliphatic heterocycles. The van der Waals surface area contributed by atoms with Crippen molar-refractivity contribution in [2.24, 2.45) is 0 Å². The number of sulfone groups is 1. The molecule has 10 heteroatoms. The van der Waals surface area contributed by atoms with Gasteiger partial charge >= 0.3 is 0 Å². The molecule has 8 nitrogen and oxygen atoms in total. The lowest BCUT2D eigenvalue weighted by Crippen LogP contribution is -2.66. The summed E-state index contributed by atoms with van der Waals surface area (Å²) in [6.07, 6.45) is 4.47. The van der Waals surface area contributed by atoms with Crippen molar-refractivity contribution in [1.29, 1.82) is 10.7 Å². The number of amides is 1. The van der Waals surface area contributed by atoms with Crippen LogP contribution >= 0.6 is 0 Å². The molecule has 1 saturated heterocycles. The van der Waals surface area contributed by atoms with Gasteiger partial charge < -0.3 is 10.6 Å². The number of pyridine rings is 1. The third kappa shape index (κ3) is 3.97. The number of carbonyl (C=O) groups is 1. The number of nitrogens with one attached hydrogen (secondary N) is 3. The fraction of sp³-hybridized carbons (Fsp3) is 0.391. The quantitative estimate of drug-likeness (QED) is 0.631. The van der Waals surface area contributed by atoms with Gasteiger partial charge in [0.05, 0.1) is 16.9 Å². The summed E-state index contributed by atoms with van der Waals surface area (Å²) in [7, 11) is -3.73. The van der Waals surface area contributed by atoms with E-state index >= 15 is 0 Å². The summed E-state index contributed by atoms with van der Waals surface area (Å²) in [5.41, 5.74) is -0.674. The SMILES string of the molecule is C[C@@]1(c2cc(NC(=O)c3ccc(C#N)cn3)ccc2F)CS(=O)(=O)C2(CCCCC2)C(=N)N1. The Morgan fingerprint density at radius 3 is 2.58 bits per heavy atom. The molecule has 172 valence electrons. The van der Waals surface area contributed by atoms with E-state index in [0.717, 1.165) is 25.3 Å². The molecule has 33 heavy (non-hydrogen) atoms. The van der Waals surface area contributed by atoms with Crippen LogP contribution in [0, 0.1) is 22.6 Å². The summed E-state index contributed by atoms with van der Waals surface area (Å²) in [5.74, 6) is -1.64. The van der Waals surface area contributed by atoms with Crippen LogP contribution in [0.3, 0.4) is 0 Å². The number of nitrogens with zero attached hydrogens (tertiary/aromatic N) is 2. The molecule has 1 aromatic carbocycles. The second-order valence-corrected chi connectivity index (χ2v) is 11.1.